The summed E-state index contributed by atoms with van der Waals surface area (Å²) >= 11 is 3.96. The number of nitrogens with one attached hydrogen (secondary N) is 3. The zero-order valence-corrected chi connectivity index (χ0v) is 20.4. The highest BCUT2D eigenvalue weighted by atomic mass is 32.1. The molecule has 13 heteroatoms. The van der Waals surface area contributed by atoms with E-state index in [1.54, 1.807) is 18.3 Å². The number of nitrogens with two attached hydrogens (primary N) is 1. The highest BCUT2D eigenvalue weighted by Gasteiger charge is 2.38. The molecular formula is C23H30N6O6S. The normalized spacial score (nSPS) is 17.7. The van der Waals surface area contributed by atoms with Crippen molar-refractivity contribution in [2.45, 2.75) is 49.9 Å². The number of likely N-dealkylation sites (tertiary alicyclic amines) is 1. The van der Waals surface area contributed by atoms with Gasteiger partial charge in [0.2, 0.25) is 17.7 Å². The fourth-order valence-electron chi connectivity index (χ4n) is 4.04. The number of aromatic amines is 1. The lowest BCUT2D eigenvalue weighted by Gasteiger charge is -2.28. The molecule has 194 valence electrons. The Morgan fingerprint density at radius 1 is 1.17 bits per heavy atom. The number of rotatable bonds is 11. The molecular weight excluding hydrogens is 488 g/mol. The average Bonchev–Trinajstić information content (AvgIpc) is 3.55. The van der Waals surface area contributed by atoms with E-state index in [2.05, 4.69) is 33.2 Å². The van der Waals surface area contributed by atoms with Gasteiger partial charge in [0.05, 0.1) is 12.4 Å². The monoisotopic (exact) mass is 518 g/mol. The van der Waals surface area contributed by atoms with Crippen molar-refractivity contribution in [2.24, 2.45) is 5.73 Å². The van der Waals surface area contributed by atoms with Gasteiger partial charge in [-0.1, -0.05) is 12.1 Å². The molecule has 3 amide bonds. The van der Waals surface area contributed by atoms with Gasteiger partial charge in [-0.2, -0.15) is 12.6 Å². The number of imidazole rings is 1. The van der Waals surface area contributed by atoms with E-state index < -0.39 is 42.0 Å². The highest BCUT2D eigenvalue weighted by molar-refractivity contribution is 7.80. The standard InChI is InChI=1S/C23H30N6O6S/c24-16(9-14-10-25-12-26-14)22(33)29-7-1-2-19(29)21(32)27-17(8-13-3-5-15(30)6-4-13)20(31)28-18(11-36)23(34)35/h3-6,10,12,16-19,30,36H,1-2,7-9,11,24H2,(H,25,26)(H,27,32)(H,28,31)(H,34,35). The van der Waals surface area contributed by atoms with Crippen molar-refractivity contribution in [3.63, 3.8) is 0 Å². The Hall–Kier alpha value is -3.58. The van der Waals surface area contributed by atoms with Crippen LogP contribution in [0.25, 0.3) is 0 Å². The second-order valence-electron chi connectivity index (χ2n) is 8.59. The van der Waals surface area contributed by atoms with E-state index in [-0.39, 0.29) is 30.3 Å². The second-order valence-corrected chi connectivity index (χ2v) is 8.96. The average molecular weight is 519 g/mol. The molecule has 4 atom stereocenters. The zero-order chi connectivity index (χ0) is 26.2. The number of thiol groups is 1. The van der Waals surface area contributed by atoms with Crippen molar-refractivity contribution >= 4 is 36.3 Å². The molecule has 2 heterocycles. The predicted molar refractivity (Wildman–Crippen MR) is 132 cm³/mol. The van der Waals surface area contributed by atoms with Gasteiger partial charge >= 0.3 is 5.97 Å². The summed E-state index contributed by atoms with van der Waals surface area (Å²) in [6.07, 6.45) is 4.32. The topological polar surface area (TPSA) is 191 Å². The van der Waals surface area contributed by atoms with Crippen molar-refractivity contribution in [1.29, 1.82) is 0 Å². The third-order valence-corrected chi connectivity index (χ3v) is 6.32. The van der Waals surface area contributed by atoms with Gasteiger partial charge in [-0.3, -0.25) is 14.4 Å². The molecule has 2 aromatic rings. The maximum absolute atomic E-state index is 13.2. The van der Waals surface area contributed by atoms with Crippen LogP contribution in [-0.4, -0.2) is 85.2 Å². The Balaban J connectivity index is 1.73. The van der Waals surface area contributed by atoms with E-state index in [4.69, 9.17) is 5.73 Å². The molecule has 4 unspecified atom stereocenters. The number of carboxylic acid groups (broad SMARTS) is 1. The van der Waals surface area contributed by atoms with Gasteiger partial charge in [0.25, 0.3) is 0 Å². The van der Waals surface area contributed by atoms with Gasteiger partial charge in [-0.15, -0.1) is 0 Å². The van der Waals surface area contributed by atoms with Crippen molar-refractivity contribution in [2.75, 3.05) is 12.3 Å². The minimum atomic E-state index is -1.26. The summed E-state index contributed by atoms with van der Waals surface area (Å²) in [5.41, 5.74) is 7.42. The molecule has 7 N–H and O–H groups in total. The first-order chi connectivity index (χ1) is 17.2. The molecule has 1 aliphatic rings. The number of amides is 3. The Bertz CT molecular complexity index is 1060. The number of aromatic nitrogens is 2. The number of nitrogens with zero attached hydrogens (tertiary/aromatic N) is 2. The van der Waals surface area contributed by atoms with E-state index in [1.165, 1.54) is 23.4 Å². The number of phenolic OH excluding ortho intramolecular Hbond substituents is 1. The largest absolute Gasteiger partial charge is 0.508 e. The minimum Gasteiger partial charge on any atom is -0.508 e. The lowest BCUT2D eigenvalue weighted by molar-refractivity contribution is -0.142. The van der Waals surface area contributed by atoms with Crippen LogP contribution < -0.4 is 16.4 Å². The van der Waals surface area contributed by atoms with Gasteiger partial charge < -0.3 is 36.5 Å². The summed E-state index contributed by atoms with van der Waals surface area (Å²) in [5.74, 6) is -2.98. The van der Waals surface area contributed by atoms with E-state index in [9.17, 15) is 29.4 Å². The maximum Gasteiger partial charge on any atom is 0.327 e. The number of aromatic hydroxyl groups is 1. The molecule has 12 nitrogen and oxygen atoms in total. The smallest absolute Gasteiger partial charge is 0.327 e. The first-order valence-corrected chi connectivity index (χ1v) is 12.1. The summed E-state index contributed by atoms with van der Waals surface area (Å²) in [6.45, 7) is 0.350. The number of aliphatic carboxylic acids is 1. The molecule has 0 aliphatic carbocycles. The number of carboxylic acids is 1. The van der Waals surface area contributed by atoms with Crippen LogP contribution in [0.4, 0.5) is 0 Å². The number of carbonyl (C=O) groups is 4. The molecule has 0 saturated carbocycles. The molecule has 0 radical (unpaired) electrons. The molecule has 0 bridgehead atoms. The van der Waals surface area contributed by atoms with Gasteiger partial charge in [0.1, 0.15) is 23.9 Å². The van der Waals surface area contributed by atoms with Crippen molar-refractivity contribution in [3.05, 3.63) is 48.0 Å². The van der Waals surface area contributed by atoms with Gasteiger partial charge in [-0.05, 0) is 30.5 Å². The van der Waals surface area contributed by atoms with Crippen LogP contribution in [0, 0.1) is 0 Å². The van der Waals surface area contributed by atoms with E-state index in [1.807, 2.05) is 0 Å². The van der Waals surface area contributed by atoms with E-state index >= 15 is 0 Å². The van der Waals surface area contributed by atoms with Crippen molar-refractivity contribution in [1.82, 2.24) is 25.5 Å². The molecule has 1 fully saturated rings. The summed E-state index contributed by atoms with van der Waals surface area (Å²) in [7, 11) is 0. The molecule has 1 aliphatic heterocycles. The minimum absolute atomic E-state index is 0.0383. The number of hydrogen-bond acceptors (Lipinski definition) is 8. The number of carbonyl (C=O) groups excluding carboxylic acids is 3. The van der Waals surface area contributed by atoms with E-state index in [0.29, 0.717) is 30.6 Å². The SMILES string of the molecule is NC(Cc1cnc[nH]1)C(=O)N1CCCC1C(=O)NC(Cc1ccc(O)cc1)C(=O)NC(CS)C(=O)O. The Kier molecular flexibility index (Phi) is 9.31. The van der Waals surface area contributed by atoms with Crippen LogP contribution in [0.3, 0.4) is 0 Å². The first kappa shape index (κ1) is 27.0. The summed E-state index contributed by atoms with van der Waals surface area (Å²) in [5, 5.41) is 23.9. The number of hydrogen-bond donors (Lipinski definition) is 7. The third-order valence-electron chi connectivity index (χ3n) is 5.96. The fraction of sp³-hybridized carbons (Fsp3) is 0.435. The Morgan fingerprint density at radius 3 is 2.50 bits per heavy atom. The van der Waals surface area contributed by atoms with Crippen LogP contribution in [0.5, 0.6) is 5.75 Å². The van der Waals surface area contributed by atoms with Crippen molar-refractivity contribution < 1.29 is 29.4 Å². The van der Waals surface area contributed by atoms with Gasteiger partial charge in [-0.25, -0.2) is 9.78 Å². The van der Waals surface area contributed by atoms with Crippen molar-refractivity contribution in [3.8, 4) is 5.75 Å². The predicted octanol–water partition coefficient (Wildman–Crippen LogP) is -0.797. The van der Waals surface area contributed by atoms with Gasteiger partial charge in [0, 0.05) is 37.0 Å². The Labute approximate surface area is 213 Å². The van der Waals surface area contributed by atoms with Gasteiger partial charge in [0.15, 0.2) is 0 Å². The molecule has 1 saturated heterocycles. The number of phenols is 1. The zero-order valence-electron chi connectivity index (χ0n) is 19.5. The van der Waals surface area contributed by atoms with E-state index in [0.717, 1.165) is 0 Å². The summed E-state index contributed by atoms with van der Waals surface area (Å²) in [4.78, 5) is 58.8. The summed E-state index contributed by atoms with van der Waals surface area (Å²) < 4.78 is 0. The second kappa shape index (κ2) is 12.4. The fourth-order valence-corrected chi connectivity index (χ4v) is 4.29. The quantitative estimate of drug-likeness (QED) is 0.188. The lowest BCUT2D eigenvalue weighted by atomic mass is 10.0. The highest BCUT2D eigenvalue weighted by Crippen LogP contribution is 2.20. The molecule has 3 rings (SSSR count). The van der Waals surface area contributed by atoms with Crippen LogP contribution >= 0.6 is 12.6 Å². The van der Waals surface area contributed by atoms with Crippen LogP contribution in [0.1, 0.15) is 24.1 Å². The molecule has 0 spiro atoms. The van der Waals surface area contributed by atoms with Crippen LogP contribution in [0.2, 0.25) is 0 Å². The lowest BCUT2D eigenvalue weighted by Crippen LogP contribution is -2.57. The van der Waals surface area contributed by atoms with Crippen LogP contribution in [0.15, 0.2) is 36.8 Å². The molecule has 1 aromatic heterocycles. The number of H-pyrrole nitrogens is 1. The maximum atomic E-state index is 13.2. The number of benzene rings is 1. The third kappa shape index (κ3) is 6.98. The molecule has 1 aromatic carbocycles. The molecule has 36 heavy (non-hydrogen) atoms. The van der Waals surface area contributed by atoms with Crippen LogP contribution in [-0.2, 0) is 32.0 Å². The first-order valence-electron chi connectivity index (χ1n) is 11.4. The summed E-state index contributed by atoms with van der Waals surface area (Å²) in [6, 6.07) is 2.01. The Morgan fingerprint density at radius 2 is 1.89 bits per heavy atom.